The summed E-state index contributed by atoms with van der Waals surface area (Å²) in [5, 5.41) is 7.38. The third kappa shape index (κ3) is 2.84. The molecule has 0 bridgehead atoms. The fourth-order valence-electron chi connectivity index (χ4n) is 2.78. The topological polar surface area (TPSA) is 50.2 Å². The molecule has 1 aliphatic rings. The standard InChI is InChI=1S/C17H22N4O/c1-13(19-17(22)20(2)14-7-5-8-14)15-9-3-4-10-16(15)21-12-6-11-18-21/h3-4,6,9-14H,5,7-8H2,1-2H3,(H,19,22)/t13-/m0/s1. The van der Waals surface area contributed by atoms with Gasteiger partial charge in [0.25, 0.3) is 0 Å². The number of aromatic nitrogens is 2. The van der Waals surface area contributed by atoms with Gasteiger partial charge in [-0.25, -0.2) is 9.48 Å². The summed E-state index contributed by atoms with van der Waals surface area (Å²) in [6, 6.07) is 10.2. The van der Waals surface area contributed by atoms with Gasteiger partial charge in [-0.05, 0) is 43.9 Å². The molecular formula is C17H22N4O. The van der Waals surface area contributed by atoms with Crippen molar-refractivity contribution in [1.82, 2.24) is 20.0 Å². The lowest BCUT2D eigenvalue weighted by atomic mass is 9.92. The number of rotatable bonds is 4. The maximum atomic E-state index is 12.4. The van der Waals surface area contributed by atoms with E-state index in [1.165, 1.54) is 6.42 Å². The summed E-state index contributed by atoms with van der Waals surface area (Å²) in [5.41, 5.74) is 2.05. The van der Waals surface area contributed by atoms with Crippen molar-refractivity contribution in [2.24, 2.45) is 0 Å². The summed E-state index contributed by atoms with van der Waals surface area (Å²) >= 11 is 0. The van der Waals surface area contributed by atoms with Crippen LogP contribution in [0.3, 0.4) is 0 Å². The molecule has 116 valence electrons. The molecule has 0 aliphatic heterocycles. The monoisotopic (exact) mass is 298 g/mol. The first-order chi connectivity index (χ1) is 10.7. The predicted molar refractivity (Wildman–Crippen MR) is 85.9 cm³/mol. The lowest BCUT2D eigenvalue weighted by Crippen LogP contribution is -2.47. The van der Waals surface area contributed by atoms with E-state index in [9.17, 15) is 4.79 Å². The Morgan fingerprint density at radius 3 is 2.77 bits per heavy atom. The summed E-state index contributed by atoms with van der Waals surface area (Å²) in [7, 11) is 1.88. The number of nitrogens with zero attached hydrogens (tertiary/aromatic N) is 3. The van der Waals surface area contributed by atoms with Crippen LogP contribution in [0.2, 0.25) is 0 Å². The highest BCUT2D eigenvalue weighted by Gasteiger charge is 2.26. The molecule has 0 radical (unpaired) electrons. The highest BCUT2D eigenvalue weighted by atomic mass is 16.2. The zero-order valence-electron chi connectivity index (χ0n) is 13.1. The lowest BCUT2D eigenvalue weighted by molar-refractivity contribution is 0.155. The number of hydrogen-bond acceptors (Lipinski definition) is 2. The lowest BCUT2D eigenvalue weighted by Gasteiger charge is -2.35. The molecule has 0 saturated heterocycles. The number of para-hydroxylation sites is 1. The quantitative estimate of drug-likeness (QED) is 0.943. The molecule has 5 nitrogen and oxygen atoms in total. The molecule has 0 unspecified atom stereocenters. The van der Waals surface area contributed by atoms with Crippen LogP contribution in [0.5, 0.6) is 0 Å². The van der Waals surface area contributed by atoms with E-state index in [4.69, 9.17) is 0 Å². The van der Waals surface area contributed by atoms with Crippen LogP contribution in [0.1, 0.15) is 37.8 Å². The van der Waals surface area contributed by atoms with Gasteiger partial charge >= 0.3 is 6.03 Å². The number of carbonyl (C=O) groups excluding carboxylic acids is 1. The zero-order valence-corrected chi connectivity index (χ0v) is 13.1. The highest BCUT2D eigenvalue weighted by molar-refractivity contribution is 5.75. The molecule has 1 heterocycles. The van der Waals surface area contributed by atoms with Crippen LogP contribution < -0.4 is 5.32 Å². The molecule has 1 N–H and O–H groups in total. The number of amides is 2. The van der Waals surface area contributed by atoms with Crippen molar-refractivity contribution in [2.75, 3.05) is 7.05 Å². The molecule has 1 saturated carbocycles. The fraction of sp³-hybridized carbons (Fsp3) is 0.412. The maximum absolute atomic E-state index is 12.4. The van der Waals surface area contributed by atoms with E-state index in [1.54, 1.807) is 6.20 Å². The molecule has 1 atom stereocenters. The normalized spacial score (nSPS) is 15.9. The van der Waals surface area contributed by atoms with E-state index in [0.29, 0.717) is 6.04 Å². The minimum Gasteiger partial charge on any atom is -0.331 e. The summed E-state index contributed by atoms with van der Waals surface area (Å²) in [4.78, 5) is 14.2. The summed E-state index contributed by atoms with van der Waals surface area (Å²) in [6.45, 7) is 2.01. The highest BCUT2D eigenvalue weighted by Crippen LogP contribution is 2.25. The SMILES string of the molecule is C[C@H](NC(=O)N(C)C1CCC1)c1ccccc1-n1cccn1. The first-order valence-corrected chi connectivity index (χ1v) is 7.79. The van der Waals surface area contributed by atoms with Gasteiger partial charge in [-0.2, -0.15) is 5.10 Å². The molecule has 3 rings (SSSR count). The third-order valence-electron chi connectivity index (χ3n) is 4.44. The first-order valence-electron chi connectivity index (χ1n) is 7.79. The number of benzene rings is 1. The minimum atomic E-state index is -0.0737. The van der Waals surface area contributed by atoms with Crippen LogP contribution >= 0.6 is 0 Å². The largest absolute Gasteiger partial charge is 0.331 e. The van der Waals surface area contributed by atoms with E-state index in [-0.39, 0.29) is 12.1 Å². The fourth-order valence-corrected chi connectivity index (χ4v) is 2.78. The van der Waals surface area contributed by atoms with Crippen molar-refractivity contribution < 1.29 is 4.79 Å². The van der Waals surface area contributed by atoms with Gasteiger partial charge in [0, 0.05) is 25.5 Å². The average Bonchev–Trinajstić information content (AvgIpc) is 2.99. The van der Waals surface area contributed by atoms with Gasteiger partial charge in [0.15, 0.2) is 0 Å². The van der Waals surface area contributed by atoms with Gasteiger partial charge in [0.1, 0.15) is 0 Å². The zero-order chi connectivity index (χ0) is 15.5. The Morgan fingerprint density at radius 1 is 1.36 bits per heavy atom. The van der Waals surface area contributed by atoms with Gasteiger partial charge in [0.05, 0.1) is 11.7 Å². The number of hydrogen-bond donors (Lipinski definition) is 1. The molecule has 1 aromatic heterocycles. The second-order valence-corrected chi connectivity index (χ2v) is 5.88. The average molecular weight is 298 g/mol. The second-order valence-electron chi connectivity index (χ2n) is 5.88. The minimum absolute atomic E-state index is 0.00697. The van der Waals surface area contributed by atoms with E-state index >= 15 is 0 Å². The van der Waals surface area contributed by atoms with Gasteiger partial charge in [-0.3, -0.25) is 0 Å². The van der Waals surface area contributed by atoms with Crippen molar-refractivity contribution in [2.45, 2.75) is 38.3 Å². The van der Waals surface area contributed by atoms with E-state index in [0.717, 1.165) is 24.1 Å². The number of nitrogens with one attached hydrogen (secondary N) is 1. The van der Waals surface area contributed by atoms with Crippen LogP contribution in [0.15, 0.2) is 42.7 Å². The van der Waals surface area contributed by atoms with Crippen molar-refractivity contribution in [3.05, 3.63) is 48.3 Å². The molecule has 2 aromatic rings. The number of urea groups is 1. The molecule has 0 spiro atoms. The summed E-state index contributed by atoms with van der Waals surface area (Å²) < 4.78 is 1.83. The molecule has 1 aromatic carbocycles. The Morgan fingerprint density at radius 2 is 2.14 bits per heavy atom. The molecular weight excluding hydrogens is 276 g/mol. The summed E-state index contributed by atoms with van der Waals surface area (Å²) in [6.07, 6.45) is 7.11. The summed E-state index contributed by atoms with van der Waals surface area (Å²) in [5.74, 6) is 0. The van der Waals surface area contributed by atoms with Crippen molar-refractivity contribution in [3.8, 4) is 5.69 Å². The van der Waals surface area contributed by atoms with Crippen LogP contribution in [0, 0.1) is 0 Å². The molecule has 22 heavy (non-hydrogen) atoms. The first kappa shape index (κ1) is 14.6. The van der Waals surface area contributed by atoms with Gasteiger partial charge < -0.3 is 10.2 Å². The second kappa shape index (κ2) is 6.22. The van der Waals surface area contributed by atoms with Crippen molar-refractivity contribution in [3.63, 3.8) is 0 Å². The Bertz CT molecular complexity index is 634. The van der Waals surface area contributed by atoms with Crippen LogP contribution in [-0.2, 0) is 0 Å². The predicted octanol–water partition coefficient (Wildman–Crippen LogP) is 3.13. The Hall–Kier alpha value is -2.30. The Balaban J connectivity index is 1.75. The molecule has 1 fully saturated rings. The van der Waals surface area contributed by atoms with Crippen molar-refractivity contribution >= 4 is 6.03 Å². The molecule has 5 heteroatoms. The van der Waals surface area contributed by atoms with Crippen molar-refractivity contribution in [1.29, 1.82) is 0 Å². The van der Waals surface area contributed by atoms with Crippen LogP contribution in [-0.4, -0.2) is 33.8 Å². The smallest absolute Gasteiger partial charge is 0.317 e. The molecule has 2 amide bonds. The van der Waals surface area contributed by atoms with Gasteiger partial charge in [-0.15, -0.1) is 0 Å². The van der Waals surface area contributed by atoms with E-state index in [1.807, 2.05) is 60.1 Å². The Kier molecular flexibility index (Phi) is 4.13. The maximum Gasteiger partial charge on any atom is 0.317 e. The molecule has 1 aliphatic carbocycles. The van der Waals surface area contributed by atoms with E-state index in [2.05, 4.69) is 10.4 Å². The Labute approximate surface area is 130 Å². The van der Waals surface area contributed by atoms with Gasteiger partial charge in [0.2, 0.25) is 0 Å². The van der Waals surface area contributed by atoms with E-state index < -0.39 is 0 Å². The van der Waals surface area contributed by atoms with Gasteiger partial charge in [-0.1, -0.05) is 18.2 Å². The number of carbonyl (C=O) groups is 1. The van der Waals surface area contributed by atoms with Crippen LogP contribution in [0.4, 0.5) is 4.79 Å². The third-order valence-corrected chi connectivity index (χ3v) is 4.44. The van der Waals surface area contributed by atoms with Crippen LogP contribution in [0.25, 0.3) is 5.69 Å².